The normalized spacial score (nSPS) is 21.5. The maximum Gasteiger partial charge on any atom is 0.407 e. The molecule has 0 radical (unpaired) electrons. The fourth-order valence-corrected chi connectivity index (χ4v) is 7.45. The fourth-order valence-electron chi connectivity index (χ4n) is 3.80. The van der Waals surface area contributed by atoms with Crippen LogP contribution >= 0.6 is 23.5 Å². The Balaban J connectivity index is 1.46. The number of carbonyl (C=O) groups is 1. The van der Waals surface area contributed by atoms with Gasteiger partial charge in [0.1, 0.15) is 12.4 Å². The zero-order valence-corrected chi connectivity index (χ0v) is 17.1. The van der Waals surface area contributed by atoms with Gasteiger partial charge in [-0.05, 0) is 49.8 Å². The molecule has 6 heteroatoms. The average molecular weight is 396 g/mol. The summed E-state index contributed by atoms with van der Waals surface area (Å²) in [4.78, 5) is 11.2. The first-order valence-electron chi connectivity index (χ1n) is 9.62. The summed E-state index contributed by atoms with van der Waals surface area (Å²) in [5, 5.41) is 2.66. The van der Waals surface area contributed by atoms with Crippen molar-refractivity contribution in [3.8, 4) is 5.75 Å². The maximum atomic E-state index is 11.2. The van der Waals surface area contributed by atoms with Crippen molar-refractivity contribution in [2.45, 2.75) is 43.1 Å². The van der Waals surface area contributed by atoms with E-state index in [0.29, 0.717) is 23.8 Å². The molecule has 4 nitrogen and oxygen atoms in total. The summed E-state index contributed by atoms with van der Waals surface area (Å²) in [6, 6.07) is 8.48. The summed E-state index contributed by atoms with van der Waals surface area (Å²) in [6.07, 6.45) is 6.28. The molecule has 2 aliphatic rings. The van der Waals surface area contributed by atoms with Crippen LogP contribution in [0.2, 0.25) is 0 Å². The van der Waals surface area contributed by atoms with Crippen LogP contribution < -0.4 is 10.1 Å². The molecule has 1 saturated heterocycles. The highest BCUT2D eigenvalue weighted by molar-refractivity contribution is 8.21. The van der Waals surface area contributed by atoms with Gasteiger partial charge in [-0.3, -0.25) is 0 Å². The van der Waals surface area contributed by atoms with Gasteiger partial charge in [-0.2, -0.15) is 0 Å². The Hall–Kier alpha value is -1.01. The summed E-state index contributed by atoms with van der Waals surface area (Å²) in [7, 11) is 0. The summed E-state index contributed by atoms with van der Waals surface area (Å²) in [5.74, 6) is 4.26. The molecule has 1 N–H and O–H groups in total. The van der Waals surface area contributed by atoms with Crippen molar-refractivity contribution in [1.29, 1.82) is 0 Å². The third-order valence-electron chi connectivity index (χ3n) is 5.05. The van der Waals surface area contributed by atoms with Gasteiger partial charge >= 0.3 is 6.09 Å². The van der Waals surface area contributed by atoms with E-state index >= 15 is 0 Å². The lowest BCUT2D eigenvalue weighted by atomic mass is 9.83. The van der Waals surface area contributed by atoms with Crippen molar-refractivity contribution in [1.82, 2.24) is 5.32 Å². The molecular formula is C20H29NO3S2. The number of ether oxygens (including phenoxy) is 2. The van der Waals surface area contributed by atoms with E-state index < -0.39 is 6.09 Å². The Labute approximate surface area is 165 Å². The van der Waals surface area contributed by atoms with Gasteiger partial charge in [-0.25, -0.2) is 4.79 Å². The molecule has 1 aliphatic carbocycles. The predicted octanol–water partition coefficient (Wildman–Crippen LogP) is 4.72. The molecule has 0 aromatic heterocycles. The van der Waals surface area contributed by atoms with E-state index in [0.717, 1.165) is 11.7 Å². The largest absolute Gasteiger partial charge is 0.492 e. The number of nitrogens with one attached hydrogen (secondary N) is 1. The molecule has 1 aromatic rings. The number of rotatable bonds is 7. The summed E-state index contributed by atoms with van der Waals surface area (Å²) >= 11 is 4.42. The van der Waals surface area contributed by atoms with Crippen molar-refractivity contribution in [3.05, 3.63) is 29.8 Å². The predicted molar refractivity (Wildman–Crippen MR) is 110 cm³/mol. The Morgan fingerprint density at radius 3 is 2.73 bits per heavy atom. The third-order valence-corrected chi connectivity index (χ3v) is 8.88. The molecule has 1 aromatic carbocycles. The second-order valence-electron chi connectivity index (χ2n) is 6.80. The zero-order chi connectivity index (χ0) is 18.2. The van der Waals surface area contributed by atoms with Crippen LogP contribution in [0.3, 0.4) is 0 Å². The zero-order valence-electron chi connectivity index (χ0n) is 15.5. The quantitative estimate of drug-likeness (QED) is 0.677. The Kier molecular flexibility index (Phi) is 7.43. The first kappa shape index (κ1) is 19.7. The molecule has 1 aliphatic heterocycles. The third kappa shape index (κ3) is 5.26. The fraction of sp³-hybridized carbons (Fsp3) is 0.650. The van der Waals surface area contributed by atoms with E-state index in [1.165, 1.54) is 49.2 Å². The molecule has 1 spiro atoms. The number of thioether (sulfide) groups is 2. The van der Waals surface area contributed by atoms with Crippen molar-refractivity contribution >= 4 is 29.6 Å². The second-order valence-corrected chi connectivity index (χ2v) is 9.90. The SMILES string of the molecule is CCOC(=O)NCCOc1ccc(CC2CCCCC23SCCS3)cc1. The van der Waals surface area contributed by atoms with E-state index in [2.05, 4.69) is 41.0 Å². The van der Waals surface area contributed by atoms with Crippen LogP contribution in [0.1, 0.15) is 38.2 Å². The summed E-state index contributed by atoms with van der Waals surface area (Å²) in [6.45, 7) is 3.06. The van der Waals surface area contributed by atoms with Gasteiger partial charge in [0, 0.05) is 11.5 Å². The molecule has 1 atom stereocenters. The average Bonchev–Trinajstić information content (AvgIpc) is 3.11. The maximum absolute atomic E-state index is 11.2. The van der Waals surface area contributed by atoms with Crippen LogP contribution in [0.4, 0.5) is 4.79 Å². The lowest BCUT2D eigenvalue weighted by molar-refractivity contribution is 0.150. The first-order valence-corrected chi connectivity index (χ1v) is 11.6. The smallest absolute Gasteiger partial charge is 0.407 e. The van der Waals surface area contributed by atoms with Gasteiger partial charge in [0.2, 0.25) is 0 Å². The minimum absolute atomic E-state index is 0.382. The van der Waals surface area contributed by atoms with Crippen LogP contribution in [0.5, 0.6) is 5.75 Å². The van der Waals surface area contributed by atoms with Crippen LogP contribution in [-0.2, 0) is 11.2 Å². The van der Waals surface area contributed by atoms with Crippen LogP contribution in [-0.4, -0.2) is 41.4 Å². The van der Waals surface area contributed by atoms with E-state index in [1.807, 2.05) is 12.1 Å². The Morgan fingerprint density at radius 2 is 2.00 bits per heavy atom. The van der Waals surface area contributed by atoms with Crippen LogP contribution in [0, 0.1) is 5.92 Å². The molecule has 0 bridgehead atoms. The van der Waals surface area contributed by atoms with Gasteiger partial charge in [0.15, 0.2) is 0 Å². The molecule has 2 fully saturated rings. The molecule has 1 amide bonds. The highest BCUT2D eigenvalue weighted by atomic mass is 32.2. The molecule has 3 rings (SSSR count). The van der Waals surface area contributed by atoms with Gasteiger partial charge in [-0.1, -0.05) is 25.0 Å². The van der Waals surface area contributed by atoms with Gasteiger partial charge in [0.25, 0.3) is 0 Å². The second kappa shape index (κ2) is 9.79. The lowest BCUT2D eigenvalue weighted by Crippen LogP contribution is -2.33. The number of amides is 1. The lowest BCUT2D eigenvalue weighted by Gasteiger charge is -2.40. The Bertz CT molecular complexity index is 573. The van der Waals surface area contributed by atoms with E-state index in [1.54, 1.807) is 6.92 Å². The van der Waals surface area contributed by atoms with Gasteiger partial charge in [0.05, 0.1) is 17.2 Å². The highest BCUT2D eigenvalue weighted by Gasteiger charge is 2.44. The van der Waals surface area contributed by atoms with E-state index in [4.69, 9.17) is 9.47 Å². The van der Waals surface area contributed by atoms with Crippen molar-refractivity contribution in [2.75, 3.05) is 31.3 Å². The summed E-state index contributed by atoms with van der Waals surface area (Å²) < 4.78 is 11.0. The molecule has 1 saturated carbocycles. The number of carbonyl (C=O) groups excluding carboxylic acids is 1. The van der Waals surface area contributed by atoms with Crippen molar-refractivity contribution < 1.29 is 14.3 Å². The van der Waals surface area contributed by atoms with Gasteiger partial charge in [-0.15, -0.1) is 23.5 Å². The Morgan fingerprint density at radius 1 is 1.23 bits per heavy atom. The van der Waals surface area contributed by atoms with Crippen LogP contribution in [0.25, 0.3) is 0 Å². The molecule has 144 valence electrons. The minimum atomic E-state index is -0.393. The molecule has 1 unspecified atom stereocenters. The van der Waals surface area contributed by atoms with Crippen molar-refractivity contribution in [2.24, 2.45) is 5.92 Å². The van der Waals surface area contributed by atoms with E-state index in [-0.39, 0.29) is 0 Å². The molecule has 1 heterocycles. The highest BCUT2D eigenvalue weighted by Crippen LogP contribution is 2.56. The van der Waals surface area contributed by atoms with Crippen molar-refractivity contribution in [3.63, 3.8) is 0 Å². The number of hydrogen-bond acceptors (Lipinski definition) is 5. The number of benzene rings is 1. The topological polar surface area (TPSA) is 47.6 Å². The molecule has 26 heavy (non-hydrogen) atoms. The summed E-state index contributed by atoms with van der Waals surface area (Å²) in [5.41, 5.74) is 1.40. The molecular weight excluding hydrogens is 366 g/mol. The standard InChI is InChI=1S/C20H29NO3S2/c1-2-23-19(22)21-11-12-24-18-8-6-16(7-9-18)15-17-5-3-4-10-20(17)25-13-14-26-20/h6-9,17H,2-5,10-15H2,1H3,(H,21,22). The number of alkyl carbamates (subject to hydrolysis) is 1. The first-order chi connectivity index (χ1) is 12.7. The number of hydrogen-bond donors (Lipinski definition) is 1. The van der Waals surface area contributed by atoms with Gasteiger partial charge < -0.3 is 14.8 Å². The van der Waals surface area contributed by atoms with E-state index in [9.17, 15) is 4.79 Å². The van der Waals surface area contributed by atoms with Crippen LogP contribution in [0.15, 0.2) is 24.3 Å². The monoisotopic (exact) mass is 395 g/mol. The minimum Gasteiger partial charge on any atom is -0.492 e.